The Balaban J connectivity index is 2.74. The highest BCUT2D eigenvalue weighted by Gasteiger charge is 2.93. The molecule has 0 saturated carbocycles. The highest BCUT2D eigenvalue weighted by molar-refractivity contribution is 5.12. The van der Waals surface area contributed by atoms with Crippen molar-refractivity contribution in [3.63, 3.8) is 0 Å². The number of rotatable bonds is 6. The molecule has 0 spiro atoms. The second-order valence-electron chi connectivity index (χ2n) is 8.78. The maximum atomic E-state index is 15.2. The topological polar surface area (TPSA) is 15.7 Å². The molecule has 0 aromatic rings. The lowest BCUT2D eigenvalue weighted by Crippen LogP contribution is -2.87. The van der Waals surface area contributed by atoms with E-state index in [1.807, 2.05) is 0 Å². The van der Waals surface area contributed by atoms with Gasteiger partial charge in [-0.3, -0.25) is 0 Å². The van der Waals surface area contributed by atoms with Gasteiger partial charge in [-0.15, -0.1) is 4.90 Å². The minimum Gasteiger partial charge on any atom is -0.365 e. The molecule has 0 amide bonds. The molecule has 2 aliphatic heterocycles. The summed E-state index contributed by atoms with van der Waals surface area (Å²) in [5.41, 5.74) is -7.00. The first-order valence-corrected chi connectivity index (χ1v) is 10.2. The summed E-state index contributed by atoms with van der Waals surface area (Å²) in [6.45, 7) is 0. The number of halogens is 24. The van der Waals surface area contributed by atoms with Crippen LogP contribution in [-0.2, 0) is 4.74 Å². The lowest BCUT2D eigenvalue weighted by Gasteiger charge is -2.56. The summed E-state index contributed by atoms with van der Waals surface area (Å²) >= 11 is 0. The summed E-state index contributed by atoms with van der Waals surface area (Å²) in [5.74, 6) is -6.06. The summed E-state index contributed by atoms with van der Waals surface area (Å²) < 4.78 is 330. The van der Waals surface area contributed by atoms with Crippen molar-refractivity contribution >= 4 is 0 Å². The summed E-state index contributed by atoms with van der Waals surface area (Å²) in [6, 6.07) is -40.8. The average molecular weight is 700 g/mol. The third-order valence-electron chi connectivity index (χ3n) is 6.06. The minimum absolute atomic E-state index is 2.15. The standard InChI is InChI=1S/C16H8F24N2O/c17-5(9(22,23)24)8(20,21)4-2-1-3(43-4)7(19,10(25,26)27)6(18)41-13(33,34)15(37,38)42(12(31,32)11(28,29)30)16(39,40)14(41,35)36/h3-6H,1-2H2. The van der Waals surface area contributed by atoms with E-state index in [9.17, 15) is 101 Å². The van der Waals surface area contributed by atoms with Crippen LogP contribution in [0.1, 0.15) is 12.8 Å². The maximum Gasteiger partial charge on any atom is 0.469 e. The number of hydrogen-bond donors (Lipinski definition) is 0. The van der Waals surface area contributed by atoms with Crippen molar-refractivity contribution in [2.24, 2.45) is 0 Å². The Morgan fingerprint density at radius 1 is 0.558 bits per heavy atom. The second-order valence-corrected chi connectivity index (χ2v) is 8.78. The van der Waals surface area contributed by atoms with Crippen molar-refractivity contribution in [3.05, 3.63) is 0 Å². The van der Waals surface area contributed by atoms with E-state index in [1.54, 1.807) is 0 Å². The quantitative estimate of drug-likeness (QED) is 0.208. The van der Waals surface area contributed by atoms with Gasteiger partial charge in [0.1, 0.15) is 12.2 Å². The fraction of sp³-hybridized carbons (Fsp3) is 1.00. The predicted molar refractivity (Wildman–Crippen MR) is 83.1 cm³/mol. The Morgan fingerprint density at radius 2 is 0.930 bits per heavy atom. The van der Waals surface area contributed by atoms with E-state index in [0.29, 0.717) is 0 Å². The van der Waals surface area contributed by atoms with Gasteiger partial charge in [0.15, 0.2) is 0 Å². The molecule has 0 aromatic heterocycles. The van der Waals surface area contributed by atoms with Crippen molar-refractivity contribution < 1.29 is 110 Å². The van der Waals surface area contributed by atoms with Crippen LogP contribution < -0.4 is 0 Å². The SMILES string of the molecule is FC(C(F)(F)F)C(F)(F)C1CCC(C(F)(C(F)N2C(F)(F)C(F)(F)N(C(F)(F)C(F)(F)F)C(F)(F)C2(F)F)C(F)(F)F)O1. The van der Waals surface area contributed by atoms with Crippen LogP contribution in [0, 0.1) is 0 Å². The van der Waals surface area contributed by atoms with Crippen LogP contribution in [0.5, 0.6) is 0 Å². The van der Waals surface area contributed by atoms with Gasteiger partial charge in [0, 0.05) is 0 Å². The molecule has 0 bridgehead atoms. The van der Waals surface area contributed by atoms with Gasteiger partial charge >= 0.3 is 54.7 Å². The predicted octanol–water partition coefficient (Wildman–Crippen LogP) is 7.78. The van der Waals surface area contributed by atoms with Crippen LogP contribution in [-0.4, -0.2) is 94.8 Å². The van der Waals surface area contributed by atoms with Crippen LogP contribution >= 0.6 is 0 Å². The first-order valence-electron chi connectivity index (χ1n) is 10.2. The fourth-order valence-corrected chi connectivity index (χ4v) is 3.95. The maximum absolute atomic E-state index is 15.2. The van der Waals surface area contributed by atoms with E-state index >= 15 is 4.39 Å². The van der Waals surface area contributed by atoms with E-state index in [-0.39, 0.29) is 0 Å². The van der Waals surface area contributed by atoms with Gasteiger partial charge in [0.05, 0.1) is 0 Å². The Morgan fingerprint density at radius 3 is 1.26 bits per heavy atom. The van der Waals surface area contributed by atoms with Crippen LogP contribution in [0.4, 0.5) is 105 Å². The summed E-state index contributed by atoms with van der Waals surface area (Å²) in [6.07, 6.45) is -46.8. The third kappa shape index (κ3) is 5.10. The van der Waals surface area contributed by atoms with Crippen molar-refractivity contribution in [2.45, 2.75) is 97.9 Å². The van der Waals surface area contributed by atoms with Crippen LogP contribution in [0.3, 0.4) is 0 Å². The largest absolute Gasteiger partial charge is 0.469 e. The Hall–Kier alpha value is -1.80. The van der Waals surface area contributed by atoms with Crippen LogP contribution in [0.2, 0.25) is 0 Å². The summed E-state index contributed by atoms with van der Waals surface area (Å²) in [7, 11) is 0. The first-order chi connectivity index (χ1) is 18.5. The monoisotopic (exact) mass is 700 g/mol. The van der Waals surface area contributed by atoms with Gasteiger partial charge in [-0.1, -0.05) is 4.90 Å². The Kier molecular flexibility index (Phi) is 8.56. The van der Waals surface area contributed by atoms with Crippen LogP contribution in [0.25, 0.3) is 0 Å². The molecule has 43 heavy (non-hydrogen) atoms. The molecule has 0 radical (unpaired) electrons. The average Bonchev–Trinajstić information content (AvgIpc) is 3.25. The minimum atomic E-state index is -8.20. The smallest absolute Gasteiger partial charge is 0.365 e. The summed E-state index contributed by atoms with van der Waals surface area (Å²) in [4.78, 5) is -8.65. The molecule has 27 heteroatoms. The van der Waals surface area contributed by atoms with Gasteiger partial charge in [-0.25, -0.2) is 22.0 Å². The number of alkyl halides is 24. The number of nitrogens with zero attached hydrogens (tertiary/aromatic N) is 2. The van der Waals surface area contributed by atoms with E-state index in [1.165, 1.54) is 0 Å². The highest BCUT2D eigenvalue weighted by Crippen LogP contribution is 2.64. The number of piperazine rings is 1. The zero-order valence-electron chi connectivity index (χ0n) is 19.1. The van der Waals surface area contributed by atoms with Crippen molar-refractivity contribution in [1.29, 1.82) is 0 Å². The molecule has 0 aromatic carbocycles. The van der Waals surface area contributed by atoms with Crippen molar-refractivity contribution in [1.82, 2.24) is 9.80 Å². The molecule has 2 saturated heterocycles. The van der Waals surface area contributed by atoms with E-state index in [2.05, 4.69) is 4.74 Å². The Bertz CT molecular complexity index is 1000. The number of hydrogen-bond acceptors (Lipinski definition) is 3. The lowest BCUT2D eigenvalue weighted by atomic mass is 9.91. The third-order valence-corrected chi connectivity index (χ3v) is 6.06. The molecule has 5 atom stereocenters. The molecule has 0 aliphatic carbocycles. The van der Waals surface area contributed by atoms with Gasteiger partial charge in [-0.05, 0) is 12.8 Å². The molecule has 2 heterocycles. The molecule has 3 nitrogen and oxygen atoms in total. The van der Waals surface area contributed by atoms with Gasteiger partial charge in [-0.2, -0.15) is 83.4 Å². The molecule has 256 valence electrons. The highest BCUT2D eigenvalue weighted by atomic mass is 19.4. The molecular formula is C16H8F24N2O. The number of ether oxygens (including phenoxy) is 1. The molecule has 2 aliphatic rings. The molecule has 0 N–H and O–H groups in total. The second kappa shape index (κ2) is 9.85. The molecular weight excluding hydrogens is 692 g/mol. The zero-order chi connectivity index (χ0) is 34.6. The van der Waals surface area contributed by atoms with Crippen molar-refractivity contribution in [2.75, 3.05) is 0 Å². The van der Waals surface area contributed by atoms with E-state index < -0.39 is 108 Å². The molecule has 2 fully saturated rings. The van der Waals surface area contributed by atoms with Gasteiger partial charge in [0.2, 0.25) is 6.30 Å². The summed E-state index contributed by atoms with van der Waals surface area (Å²) in [5, 5.41) is 0. The van der Waals surface area contributed by atoms with Crippen molar-refractivity contribution in [3.8, 4) is 0 Å². The normalized spacial score (nSPS) is 30.1. The zero-order valence-corrected chi connectivity index (χ0v) is 19.1. The van der Waals surface area contributed by atoms with Crippen LogP contribution in [0.15, 0.2) is 0 Å². The van der Waals surface area contributed by atoms with Gasteiger partial charge in [0.25, 0.3) is 11.8 Å². The molecule has 5 unspecified atom stereocenters. The van der Waals surface area contributed by atoms with E-state index in [4.69, 9.17) is 0 Å². The van der Waals surface area contributed by atoms with E-state index in [0.717, 1.165) is 0 Å². The fourth-order valence-electron chi connectivity index (χ4n) is 3.95. The molecule has 2 rings (SSSR count). The lowest BCUT2D eigenvalue weighted by molar-refractivity contribution is -0.566. The first kappa shape index (κ1) is 37.4. The Labute approximate surface area is 219 Å². The van der Waals surface area contributed by atoms with Gasteiger partial charge < -0.3 is 4.74 Å².